The van der Waals surface area contributed by atoms with Gasteiger partial charge in [0.1, 0.15) is 5.69 Å². The van der Waals surface area contributed by atoms with Crippen molar-refractivity contribution in [2.45, 2.75) is 0 Å². The minimum absolute atomic E-state index is 0.215. The normalized spacial score (nSPS) is 12.5. The van der Waals surface area contributed by atoms with Crippen molar-refractivity contribution in [3.05, 3.63) is 65.9 Å². The van der Waals surface area contributed by atoms with Gasteiger partial charge in [0.15, 0.2) is 11.5 Å². The summed E-state index contributed by atoms with van der Waals surface area (Å²) in [4.78, 5) is 12.1. The van der Waals surface area contributed by atoms with Gasteiger partial charge in [-0.3, -0.25) is 9.89 Å². The first-order valence-electron chi connectivity index (χ1n) is 7.63. The van der Waals surface area contributed by atoms with Gasteiger partial charge >= 0.3 is 0 Å². The highest BCUT2D eigenvalue weighted by atomic mass is 16.7. The van der Waals surface area contributed by atoms with E-state index in [9.17, 15) is 4.79 Å². The first-order valence-corrected chi connectivity index (χ1v) is 7.63. The molecule has 0 atom stereocenters. The molecule has 7 heteroatoms. The summed E-state index contributed by atoms with van der Waals surface area (Å²) in [6.07, 6.45) is 1.58. The number of rotatable bonds is 4. The lowest BCUT2D eigenvalue weighted by atomic mass is 10.1. The van der Waals surface area contributed by atoms with Crippen molar-refractivity contribution in [3.63, 3.8) is 0 Å². The van der Waals surface area contributed by atoms with Crippen LogP contribution in [0.4, 0.5) is 0 Å². The number of hydrogen-bond acceptors (Lipinski definition) is 5. The molecular formula is C18H14N4O3. The summed E-state index contributed by atoms with van der Waals surface area (Å²) in [5.41, 5.74) is 5.14. The summed E-state index contributed by atoms with van der Waals surface area (Å²) < 4.78 is 10.6. The van der Waals surface area contributed by atoms with E-state index in [1.165, 1.54) is 0 Å². The highest BCUT2D eigenvalue weighted by molar-refractivity contribution is 5.94. The molecule has 1 aromatic heterocycles. The first kappa shape index (κ1) is 14.9. The highest BCUT2D eigenvalue weighted by Crippen LogP contribution is 2.35. The van der Waals surface area contributed by atoms with Crippen molar-refractivity contribution >= 4 is 12.1 Å². The lowest BCUT2D eigenvalue weighted by Crippen LogP contribution is -2.17. The Balaban J connectivity index is 1.45. The maximum Gasteiger partial charge on any atom is 0.289 e. The second kappa shape index (κ2) is 6.48. The Hall–Kier alpha value is -3.61. The van der Waals surface area contributed by atoms with E-state index in [2.05, 4.69) is 20.7 Å². The van der Waals surface area contributed by atoms with Crippen molar-refractivity contribution in [1.82, 2.24) is 15.6 Å². The zero-order valence-corrected chi connectivity index (χ0v) is 13.1. The van der Waals surface area contributed by atoms with Gasteiger partial charge < -0.3 is 9.47 Å². The van der Waals surface area contributed by atoms with Crippen LogP contribution in [0, 0.1) is 0 Å². The molecule has 1 aliphatic rings. The van der Waals surface area contributed by atoms with E-state index in [0.29, 0.717) is 22.9 Å². The number of fused-ring (bicyclic) bond motifs is 1. The second-order valence-corrected chi connectivity index (χ2v) is 5.34. The monoisotopic (exact) mass is 334 g/mol. The van der Waals surface area contributed by atoms with E-state index in [-0.39, 0.29) is 12.7 Å². The molecule has 7 nitrogen and oxygen atoms in total. The molecule has 0 saturated carbocycles. The van der Waals surface area contributed by atoms with Crippen LogP contribution in [0.2, 0.25) is 0 Å². The number of nitrogens with zero attached hydrogens (tertiary/aromatic N) is 2. The van der Waals surface area contributed by atoms with E-state index >= 15 is 0 Å². The first-order chi connectivity index (χ1) is 12.3. The van der Waals surface area contributed by atoms with Crippen molar-refractivity contribution < 1.29 is 14.3 Å². The zero-order chi connectivity index (χ0) is 17.1. The lowest BCUT2D eigenvalue weighted by molar-refractivity contribution is 0.0950. The summed E-state index contributed by atoms with van der Waals surface area (Å²) in [6.45, 7) is 0.215. The van der Waals surface area contributed by atoms with Crippen LogP contribution < -0.4 is 14.9 Å². The smallest absolute Gasteiger partial charge is 0.289 e. The number of nitrogens with one attached hydrogen (secondary N) is 2. The van der Waals surface area contributed by atoms with Crippen LogP contribution in [0.3, 0.4) is 0 Å². The number of amides is 1. The molecular weight excluding hydrogens is 320 g/mol. The molecule has 0 bridgehead atoms. The van der Waals surface area contributed by atoms with Gasteiger partial charge in [-0.25, -0.2) is 5.43 Å². The quantitative estimate of drug-likeness (QED) is 0.567. The van der Waals surface area contributed by atoms with Crippen LogP contribution >= 0.6 is 0 Å². The average Bonchev–Trinajstić information content (AvgIpc) is 3.31. The molecule has 2 aromatic carbocycles. The van der Waals surface area contributed by atoms with Gasteiger partial charge in [-0.15, -0.1) is 0 Å². The Kier molecular flexibility index (Phi) is 3.88. The van der Waals surface area contributed by atoms with E-state index in [1.807, 2.05) is 48.5 Å². The van der Waals surface area contributed by atoms with Crippen LogP contribution in [0.1, 0.15) is 16.1 Å². The molecule has 2 N–H and O–H groups in total. The highest BCUT2D eigenvalue weighted by Gasteiger charge is 2.16. The number of ether oxygens (including phenoxy) is 2. The molecule has 25 heavy (non-hydrogen) atoms. The fourth-order valence-electron chi connectivity index (χ4n) is 2.41. The Morgan fingerprint density at radius 3 is 2.84 bits per heavy atom. The standard InChI is InChI=1S/C18H14N4O3/c23-18(22-19-10-12-4-2-1-3-5-12)15-9-14(20-21-15)13-6-7-16-17(8-13)25-11-24-16/h1-10H,11H2,(H,20,21)(H,22,23)/b19-10-. The van der Waals surface area contributed by atoms with Gasteiger partial charge in [0, 0.05) is 5.56 Å². The zero-order valence-electron chi connectivity index (χ0n) is 13.1. The molecule has 0 fully saturated rings. The van der Waals surface area contributed by atoms with Crippen LogP contribution in [0.5, 0.6) is 11.5 Å². The second-order valence-electron chi connectivity index (χ2n) is 5.34. The number of carbonyl (C=O) groups is 1. The number of benzene rings is 2. The van der Waals surface area contributed by atoms with E-state index in [1.54, 1.807) is 12.3 Å². The van der Waals surface area contributed by atoms with E-state index < -0.39 is 0 Å². The van der Waals surface area contributed by atoms with Crippen LogP contribution in [0.15, 0.2) is 59.7 Å². The van der Waals surface area contributed by atoms with Crippen LogP contribution in [-0.4, -0.2) is 29.1 Å². The van der Waals surface area contributed by atoms with Gasteiger partial charge in [-0.2, -0.15) is 10.2 Å². The molecule has 0 unspecified atom stereocenters. The lowest BCUT2D eigenvalue weighted by Gasteiger charge is -1.99. The Morgan fingerprint density at radius 1 is 1.12 bits per heavy atom. The van der Waals surface area contributed by atoms with Gasteiger partial charge in [0.25, 0.3) is 5.91 Å². The molecule has 1 aliphatic heterocycles. The number of H-pyrrole nitrogens is 1. The third kappa shape index (κ3) is 3.20. The van der Waals surface area contributed by atoms with Gasteiger partial charge in [0.05, 0.1) is 11.9 Å². The van der Waals surface area contributed by atoms with Crippen LogP contribution in [-0.2, 0) is 0 Å². The van der Waals surface area contributed by atoms with Crippen molar-refractivity contribution in [2.24, 2.45) is 5.10 Å². The van der Waals surface area contributed by atoms with E-state index in [0.717, 1.165) is 11.1 Å². The van der Waals surface area contributed by atoms with E-state index in [4.69, 9.17) is 9.47 Å². The number of aromatic nitrogens is 2. The Labute approximate surface area is 143 Å². The molecule has 1 amide bonds. The summed E-state index contributed by atoms with van der Waals surface area (Å²) in [6, 6.07) is 16.7. The molecule has 0 aliphatic carbocycles. The summed E-state index contributed by atoms with van der Waals surface area (Å²) in [7, 11) is 0. The topological polar surface area (TPSA) is 88.6 Å². The largest absolute Gasteiger partial charge is 0.454 e. The summed E-state index contributed by atoms with van der Waals surface area (Å²) in [5, 5.41) is 10.8. The molecule has 0 spiro atoms. The van der Waals surface area contributed by atoms with Crippen molar-refractivity contribution in [1.29, 1.82) is 0 Å². The third-order valence-electron chi connectivity index (χ3n) is 3.67. The predicted octanol–water partition coefficient (Wildman–Crippen LogP) is 2.57. The number of aromatic amines is 1. The molecule has 124 valence electrons. The maximum absolute atomic E-state index is 12.1. The van der Waals surface area contributed by atoms with Crippen molar-refractivity contribution in [2.75, 3.05) is 6.79 Å². The molecule has 0 radical (unpaired) electrons. The minimum Gasteiger partial charge on any atom is -0.454 e. The molecule has 3 aromatic rings. The van der Waals surface area contributed by atoms with Gasteiger partial charge in [-0.1, -0.05) is 30.3 Å². The molecule has 2 heterocycles. The van der Waals surface area contributed by atoms with Gasteiger partial charge in [-0.05, 0) is 29.8 Å². The number of hydrogen-bond donors (Lipinski definition) is 2. The van der Waals surface area contributed by atoms with Crippen molar-refractivity contribution in [3.8, 4) is 22.8 Å². The summed E-state index contributed by atoms with van der Waals surface area (Å²) >= 11 is 0. The predicted molar refractivity (Wildman–Crippen MR) is 91.6 cm³/mol. The van der Waals surface area contributed by atoms with Crippen LogP contribution in [0.25, 0.3) is 11.3 Å². The Morgan fingerprint density at radius 2 is 1.96 bits per heavy atom. The average molecular weight is 334 g/mol. The van der Waals surface area contributed by atoms with Gasteiger partial charge in [0.2, 0.25) is 6.79 Å². The third-order valence-corrected chi connectivity index (χ3v) is 3.67. The SMILES string of the molecule is O=C(N/N=C\c1ccccc1)c1cc(-c2ccc3c(c2)OCO3)n[nH]1. The summed E-state index contributed by atoms with van der Waals surface area (Å²) in [5.74, 6) is 0.998. The molecule has 4 rings (SSSR count). The Bertz CT molecular complexity index is 935. The maximum atomic E-state index is 12.1. The molecule has 0 saturated heterocycles. The number of carbonyl (C=O) groups excluding carboxylic acids is 1. The number of hydrazone groups is 1. The fraction of sp³-hybridized carbons (Fsp3) is 0.0556. The fourth-order valence-corrected chi connectivity index (χ4v) is 2.41. The minimum atomic E-state index is -0.369.